The largest absolute Gasteiger partial charge is 0.389 e. The van der Waals surface area contributed by atoms with Crippen molar-refractivity contribution in [3.05, 3.63) is 95.6 Å². The van der Waals surface area contributed by atoms with E-state index < -0.39 is 6.10 Å². The normalized spacial score (nSPS) is 15.6. The van der Waals surface area contributed by atoms with Gasteiger partial charge in [0.15, 0.2) is 0 Å². The van der Waals surface area contributed by atoms with Crippen molar-refractivity contribution < 1.29 is 14.2 Å². The number of rotatable bonds is 12. The highest BCUT2D eigenvalue weighted by atomic mass is 19.1. The average Bonchev–Trinajstić information content (AvgIpc) is 3.26. The first-order valence-corrected chi connectivity index (χ1v) is 12.6. The molecule has 1 saturated carbocycles. The van der Waals surface area contributed by atoms with Crippen LogP contribution in [-0.4, -0.2) is 40.4 Å². The van der Waals surface area contributed by atoms with E-state index in [2.05, 4.69) is 21.7 Å². The van der Waals surface area contributed by atoms with E-state index in [0.29, 0.717) is 32.2 Å². The molecule has 1 N–H and O–H groups in total. The van der Waals surface area contributed by atoms with Crippen molar-refractivity contribution >= 4 is 0 Å². The quantitative estimate of drug-likeness (QED) is 0.377. The van der Waals surface area contributed by atoms with Crippen LogP contribution in [-0.2, 0) is 24.4 Å². The van der Waals surface area contributed by atoms with Crippen LogP contribution in [0.3, 0.4) is 0 Å². The van der Waals surface area contributed by atoms with Crippen LogP contribution in [0.25, 0.3) is 0 Å². The highest BCUT2D eigenvalue weighted by molar-refractivity contribution is 5.19. The molecule has 182 valence electrons. The zero-order valence-electron chi connectivity index (χ0n) is 20.0. The molecule has 1 heterocycles. The molecule has 0 bridgehead atoms. The Kier molecular flexibility index (Phi) is 9.31. The van der Waals surface area contributed by atoms with Crippen molar-refractivity contribution in [3.8, 4) is 0 Å². The summed E-state index contributed by atoms with van der Waals surface area (Å²) < 4.78 is 21.6. The minimum atomic E-state index is -0.543. The monoisotopic (exact) mass is 464 g/mol. The minimum absolute atomic E-state index is 0.205. The number of hydrogen-bond acceptors (Lipinski definition) is 3. The van der Waals surface area contributed by atoms with Gasteiger partial charge in [0.25, 0.3) is 0 Å². The third-order valence-corrected chi connectivity index (χ3v) is 6.68. The molecule has 0 aliphatic heterocycles. The van der Waals surface area contributed by atoms with Gasteiger partial charge in [-0.1, -0.05) is 61.7 Å². The Balaban J connectivity index is 1.37. The van der Waals surface area contributed by atoms with Gasteiger partial charge in [-0.2, -0.15) is 0 Å². The number of aliphatic hydroxyl groups excluding tert-OH is 1. The molecule has 4 rings (SSSR count). The number of hydrogen-bond donors (Lipinski definition) is 1. The molecule has 1 unspecified atom stereocenters. The van der Waals surface area contributed by atoms with Crippen molar-refractivity contribution in [2.45, 2.75) is 57.9 Å². The first kappa shape index (κ1) is 24.6. The van der Waals surface area contributed by atoms with E-state index in [-0.39, 0.29) is 5.82 Å². The van der Waals surface area contributed by atoms with E-state index in [1.807, 2.05) is 42.5 Å². The Morgan fingerprint density at radius 3 is 2.56 bits per heavy atom. The van der Waals surface area contributed by atoms with E-state index in [0.717, 1.165) is 24.2 Å². The number of benzene rings is 2. The summed E-state index contributed by atoms with van der Waals surface area (Å²) in [5.74, 6) is 0.474. The standard InChI is InChI=1S/C29H37FN2O2/c30-27-14-7-13-26(17-27)19-32-16-8-15-28(32)20-31(18-24-9-3-1-4-10-24)21-29(33)23-34-22-25-11-5-2-6-12-25/h2,5-8,11-17,24,29,33H,1,3-4,9-10,18-23H2. The predicted molar refractivity (Wildman–Crippen MR) is 134 cm³/mol. The molecule has 1 fully saturated rings. The molecule has 2 aromatic carbocycles. The van der Waals surface area contributed by atoms with Gasteiger partial charge in [-0.05, 0) is 54.2 Å². The lowest BCUT2D eigenvalue weighted by Gasteiger charge is -2.31. The van der Waals surface area contributed by atoms with E-state index in [1.165, 1.54) is 43.9 Å². The van der Waals surface area contributed by atoms with Crippen LogP contribution < -0.4 is 0 Å². The van der Waals surface area contributed by atoms with Crippen LogP contribution in [0.1, 0.15) is 48.9 Å². The maximum absolute atomic E-state index is 13.7. The zero-order chi connectivity index (χ0) is 23.6. The zero-order valence-corrected chi connectivity index (χ0v) is 20.0. The molecule has 1 atom stereocenters. The first-order valence-electron chi connectivity index (χ1n) is 12.6. The minimum Gasteiger partial charge on any atom is -0.389 e. The lowest BCUT2D eigenvalue weighted by Crippen LogP contribution is -2.38. The van der Waals surface area contributed by atoms with Crippen LogP contribution >= 0.6 is 0 Å². The molecule has 34 heavy (non-hydrogen) atoms. The van der Waals surface area contributed by atoms with E-state index >= 15 is 0 Å². The van der Waals surface area contributed by atoms with Crippen LogP contribution in [0.2, 0.25) is 0 Å². The Morgan fingerprint density at radius 1 is 0.971 bits per heavy atom. The average molecular weight is 465 g/mol. The number of nitrogens with zero attached hydrogens (tertiary/aromatic N) is 2. The first-order chi connectivity index (χ1) is 16.7. The van der Waals surface area contributed by atoms with Crippen molar-refractivity contribution in [3.63, 3.8) is 0 Å². The predicted octanol–water partition coefficient (Wildman–Crippen LogP) is 5.64. The third-order valence-electron chi connectivity index (χ3n) is 6.68. The number of aromatic nitrogens is 1. The summed E-state index contributed by atoms with van der Waals surface area (Å²) in [7, 11) is 0. The summed E-state index contributed by atoms with van der Waals surface area (Å²) in [6, 6.07) is 21.0. The van der Waals surface area contributed by atoms with Gasteiger partial charge in [0.05, 0.1) is 19.3 Å². The summed E-state index contributed by atoms with van der Waals surface area (Å²) in [6.07, 6.45) is 7.98. The van der Waals surface area contributed by atoms with Crippen molar-refractivity contribution in [2.24, 2.45) is 5.92 Å². The van der Waals surface area contributed by atoms with Gasteiger partial charge in [0.2, 0.25) is 0 Å². The maximum Gasteiger partial charge on any atom is 0.123 e. The fraction of sp³-hybridized carbons (Fsp3) is 0.448. The van der Waals surface area contributed by atoms with Gasteiger partial charge in [-0.25, -0.2) is 4.39 Å². The SMILES string of the molecule is OC(COCc1ccccc1)CN(Cc1cccn1Cc1cccc(F)c1)CC1CCCCC1. The lowest BCUT2D eigenvalue weighted by atomic mass is 9.89. The second kappa shape index (κ2) is 12.8. The van der Waals surface area contributed by atoms with Crippen LogP contribution in [0, 0.1) is 11.7 Å². The van der Waals surface area contributed by atoms with E-state index in [9.17, 15) is 9.50 Å². The molecular weight excluding hydrogens is 427 g/mol. The van der Waals surface area contributed by atoms with E-state index in [1.54, 1.807) is 12.1 Å². The second-order valence-corrected chi connectivity index (χ2v) is 9.61. The summed E-state index contributed by atoms with van der Waals surface area (Å²) in [4.78, 5) is 2.38. The van der Waals surface area contributed by atoms with Crippen molar-refractivity contribution in [1.82, 2.24) is 9.47 Å². The number of ether oxygens (including phenoxy) is 1. The lowest BCUT2D eigenvalue weighted by molar-refractivity contribution is 0.00469. The molecule has 0 spiro atoms. The molecule has 3 aromatic rings. The maximum atomic E-state index is 13.7. The topological polar surface area (TPSA) is 37.6 Å². The van der Waals surface area contributed by atoms with Crippen molar-refractivity contribution in [2.75, 3.05) is 19.7 Å². The molecular formula is C29H37FN2O2. The van der Waals surface area contributed by atoms with Gasteiger partial charge in [-0.3, -0.25) is 4.90 Å². The highest BCUT2D eigenvalue weighted by Gasteiger charge is 2.21. The van der Waals surface area contributed by atoms with Crippen LogP contribution in [0.15, 0.2) is 72.9 Å². The Labute approximate surface area is 203 Å². The summed E-state index contributed by atoms with van der Waals surface area (Å²) in [6.45, 7) is 3.80. The van der Waals surface area contributed by atoms with Crippen LogP contribution in [0.5, 0.6) is 0 Å². The molecule has 0 radical (unpaired) electrons. The third kappa shape index (κ3) is 7.79. The number of aliphatic hydroxyl groups is 1. The van der Waals surface area contributed by atoms with Gasteiger partial charge in [-0.15, -0.1) is 0 Å². The fourth-order valence-corrected chi connectivity index (χ4v) is 4.98. The van der Waals surface area contributed by atoms with Gasteiger partial charge < -0.3 is 14.4 Å². The van der Waals surface area contributed by atoms with Gasteiger partial charge >= 0.3 is 0 Å². The molecule has 0 saturated heterocycles. The Bertz CT molecular complexity index is 985. The summed E-state index contributed by atoms with van der Waals surface area (Å²) >= 11 is 0. The second-order valence-electron chi connectivity index (χ2n) is 9.61. The Morgan fingerprint density at radius 2 is 1.76 bits per heavy atom. The molecule has 1 aliphatic rings. The van der Waals surface area contributed by atoms with Gasteiger partial charge in [0.1, 0.15) is 5.82 Å². The van der Waals surface area contributed by atoms with Crippen molar-refractivity contribution in [1.29, 1.82) is 0 Å². The highest BCUT2D eigenvalue weighted by Crippen LogP contribution is 2.25. The smallest absolute Gasteiger partial charge is 0.123 e. The molecule has 1 aliphatic carbocycles. The molecule has 0 amide bonds. The number of halogens is 1. The molecule has 5 heteroatoms. The fourth-order valence-electron chi connectivity index (χ4n) is 4.98. The van der Waals surface area contributed by atoms with Crippen LogP contribution in [0.4, 0.5) is 4.39 Å². The van der Waals surface area contributed by atoms with Gasteiger partial charge in [0, 0.05) is 38.1 Å². The molecule has 4 nitrogen and oxygen atoms in total. The summed E-state index contributed by atoms with van der Waals surface area (Å²) in [5, 5.41) is 10.8. The summed E-state index contributed by atoms with van der Waals surface area (Å²) in [5.41, 5.74) is 3.24. The molecule has 1 aromatic heterocycles. The van der Waals surface area contributed by atoms with E-state index in [4.69, 9.17) is 4.74 Å². The Hall–Kier alpha value is -2.47.